The van der Waals surface area contributed by atoms with Gasteiger partial charge in [-0.2, -0.15) is 0 Å². The molecule has 0 spiro atoms. The fraction of sp³-hybridized carbons (Fsp3) is 0.727. The van der Waals surface area contributed by atoms with E-state index in [1.807, 2.05) is 0 Å². The van der Waals surface area contributed by atoms with E-state index in [9.17, 15) is 8.42 Å². The third-order valence-electron chi connectivity index (χ3n) is 4.11. The monoisotopic (exact) mass is 270 g/mol. The summed E-state index contributed by atoms with van der Waals surface area (Å²) >= 11 is 0. The van der Waals surface area contributed by atoms with Gasteiger partial charge in [0.05, 0.1) is 6.33 Å². The summed E-state index contributed by atoms with van der Waals surface area (Å²) in [4.78, 5) is 3.81. The molecule has 6 nitrogen and oxygen atoms in total. The molecule has 1 aromatic heterocycles. The summed E-state index contributed by atoms with van der Waals surface area (Å²) in [5.41, 5.74) is 5.84. The Morgan fingerprint density at radius 2 is 2.22 bits per heavy atom. The first-order valence-electron chi connectivity index (χ1n) is 6.21. The predicted octanol–water partition coefficient (Wildman–Crippen LogP) is 0.471. The summed E-state index contributed by atoms with van der Waals surface area (Å²) in [7, 11) is -1.92. The molecule has 0 unspecified atom stereocenters. The molecule has 1 aromatic rings. The molecule has 2 saturated carbocycles. The average Bonchev–Trinajstić information content (AvgIpc) is 3.16. The fourth-order valence-corrected chi connectivity index (χ4v) is 4.03. The van der Waals surface area contributed by atoms with Crippen molar-refractivity contribution in [2.24, 2.45) is 18.4 Å². The molecule has 0 bridgehead atoms. The quantitative estimate of drug-likeness (QED) is 0.814. The maximum Gasteiger partial charge on any atom is 0.260 e. The summed E-state index contributed by atoms with van der Waals surface area (Å²) < 4.78 is 28.5. The van der Waals surface area contributed by atoms with Gasteiger partial charge >= 0.3 is 0 Å². The number of nitrogens with zero attached hydrogens (tertiary/aromatic N) is 2. The lowest BCUT2D eigenvalue weighted by Crippen LogP contribution is -2.32. The summed E-state index contributed by atoms with van der Waals surface area (Å²) in [6.07, 6.45) is 6.19. The smallest absolute Gasteiger partial charge is 0.260 e. The summed E-state index contributed by atoms with van der Waals surface area (Å²) in [5, 5.41) is 0.0640. The van der Waals surface area contributed by atoms with Gasteiger partial charge in [0.2, 0.25) is 0 Å². The second kappa shape index (κ2) is 3.71. The second-order valence-corrected chi connectivity index (χ2v) is 7.19. The van der Waals surface area contributed by atoms with Crippen molar-refractivity contribution in [3.8, 4) is 0 Å². The van der Waals surface area contributed by atoms with E-state index in [4.69, 9.17) is 5.73 Å². The van der Waals surface area contributed by atoms with Crippen LogP contribution >= 0.6 is 0 Å². The van der Waals surface area contributed by atoms with E-state index in [1.54, 1.807) is 7.05 Å². The normalized spacial score (nSPS) is 22.1. The maximum absolute atomic E-state index is 12.2. The molecule has 1 heterocycles. The Morgan fingerprint density at radius 3 is 2.67 bits per heavy atom. The Labute approximate surface area is 107 Å². The van der Waals surface area contributed by atoms with Crippen LogP contribution in [0.5, 0.6) is 0 Å². The van der Waals surface area contributed by atoms with Gasteiger partial charge in [-0.05, 0) is 37.0 Å². The molecule has 100 valence electrons. The van der Waals surface area contributed by atoms with Crippen molar-refractivity contribution in [1.82, 2.24) is 14.3 Å². The number of nitrogens with one attached hydrogen (secondary N) is 1. The molecule has 7 heteroatoms. The molecule has 0 atom stereocenters. The van der Waals surface area contributed by atoms with Gasteiger partial charge in [-0.3, -0.25) is 0 Å². The molecule has 0 aromatic carbocycles. The number of anilines is 1. The lowest BCUT2D eigenvalue weighted by atomic mass is 10.0. The zero-order chi connectivity index (χ0) is 13.0. The van der Waals surface area contributed by atoms with Crippen LogP contribution in [-0.4, -0.2) is 24.5 Å². The van der Waals surface area contributed by atoms with Gasteiger partial charge in [0, 0.05) is 13.6 Å². The Hall–Kier alpha value is -1.08. The maximum atomic E-state index is 12.2. The van der Waals surface area contributed by atoms with Crippen LogP contribution in [0.2, 0.25) is 0 Å². The number of imidazole rings is 1. The fourth-order valence-electron chi connectivity index (χ4n) is 2.66. The number of hydrogen-bond donors (Lipinski definition) is 2. The summed E-state index contributed by atoms with van der Waals surface area (Å²) in [6.45, 7) is 0.532. The van der Waals surface area contributed by atoms with Gasteiger partial charge in [-0.15, -0.1) is 0 Å². The first kappa shape index (κ1) is 12.0. The Morgan fingerprint density at radius 1 is 1.56 bits per heavy atom. The van der Waals surface area contributed by atoms with E-state index in [-0.39, 0.29) is 16.3 Å². The molecular weight excluding hydrogens is 252 g/mol. The van der Waals surface area contributed by atoms with Crippen molar-refractivity contribution >= 4 is 15.8 Å². The number of sulfonamides is 1. The lowest BCUT2D eigenvalue weighted by Gasteiger charge is -2.15. The number of hydrogen-bond acceptors (Lipinski definition) is 4. The van der Waals surface area contributed by atoms with E-state index in [2.05, 4.69) is 9.71 Å². The van der Waals surface area contributed by atoms with Crippen LogP contribution < -0.4 is 10.5 Å². The van der Waals surface area contributed by atoms with Crippen LogP contribution in [-0.2, 0) is 17.1 Å². The molecule has 2 aliphatic rings. The van der Waals surface area contributed by atoms with E-state index < -0.39 is 10.0 Å². The SMILES string of the molecule is Cn1cnc(N)c1S(=O)(=O)NCC1(C2CC2)CC1. The lowest BCUT2D eigenvalue weighted by molar-refractivity contribution is 0.431. The third kappa shape index (κ3) is 1.91. The van der Waals surface area contributed by atoms with Gasteiger partial charge in [-0.1, -0.05) is 0 Å². The van der Waals surface area contributed by atoms with Crippen molar-refractivity contribution in [2.45, 2.75) is 30.7 Å². The topological polar surface area (TPSA) is 90.0 Å². The second-order valence-electron chi connectivity index (χ2n) is 5.51. The molecular formula is C11H18N4O2S. The van der Waals surface area contributed by atoms with Crippen molar-refractivity contribution in [3.63, 3.8) is 0 Å². The van der Waals surface area contributed by atoms with Gasteiger partial charge in [-0.25, -0.2) is 18.1 Å². The van der Waals surface area contributed by atoms with Crippen LogP contribution in [0.25, 0.3) is 0 Å². The van der Waals surface area contributed by atoms with Crippen LogP contribution in [0.15, 0.2) is 11.4 Å². The average molecular weight is 270 g/mol. The van der Waals surface area contributed by atoms with E-state index >= 15 is 0 Å². The van der Waals surface area contributed by atoms with Gasteiger partial charge in [0.25, 0.3) is 10.0 Å². The van der Waals surface area contributed by atoms with Crippen LogP contribution in [0, 0.1) is 11.3 Å². The summed E-state index contributed by atoms with van der Waals surface area (Å²) in [6, 6.07) is 0. The molecule has 2 fully saturated rings. The van der Waals surface area contributed by atoms with Crippen molar-refractivity contribution < 1.29 is 8.42 Å². The first-order valence-corrected chi connectivity index (χ1v) is 7.69. The van der Waals surface area contributed by atoms with Crippen molar-refractivity contribution in [2.75, 3.05) is 12.3 Å². The summed E-state index contributed by atoms with van der Waals surface area (Å²) in [5.74, 6) is 0.783. The number of aryl methyl sites for hydroxylation is 1. The highest BCUT2D eigenvalue weighted by atomic mass is 32.2. The first-order chi connectivity index (χ1) is 8.45. The van der Waals surface area contributed by atoms with E-state index in [0.717, 1.165) is 18.8 Å². The van der Waals surface area contributed by atoms with Crippen LogP contribution in [0.4, 0.5) is 5.82 Å². The van der Waals surface area contributed by atoms with E-state index in [1.165, 1.54) is 23.7 Å². The highest BCUT2D eigenvalue weighted by Gasteiger charge is 2.53. The molecule has 3 rings (SSSR count). The number of aromatic nitrogens is 2. The molecule has 0 saturated heterocycles. The third-order valence-corrected chi connectivity index (χ3v) is 5.64. The largest absolute Gasteiger partial charge is 0.381 e. The predicted molar refractivity (Wildman–Crippen MR) is 67.2 cm³/mol. The molecule has 18 heavy (non-hydrogen) atoms. The minimum Gasteiger partial charge on any atom is -0.381 e. The zero-order valence-electron chi connectivity index (χ0n) is 10.4. The highest BCUT2D eigenvalue weighted by molar-refractivity contribution is 7.89. The highest BCUT2D eigenvalue weighted by Crippen LogP contribution is 2.60. The van der Waals surface area contributed by atoms with Crippen LogP contribution in [0.3, 0.4) is 0 Å². The van der Waals surface area contributed by atoms with Gasteiger partial charge < -0.3 is 10.3 Å². The molecule has 0 amide bonds. The number of nitrogen functional groups attached to an aromatic ring is 1. The standard InChI is InChI=1S/C11H18N4O2S/c1-15-7-13-9(12)10(15)18(16,17)14-6-11(4-5-11)8-2-3-8/h7-8,14H,2-6,12H2,1H3. The molecule has 2 aliphatic carbocycles. The molecule has 0 radical (unpaired) electrons. The Bertz CT molecular complexity index is 550. The number of nitrogens with two attached hydrogens (primary N) is 1. The minimum absolute atomic E-state index is 0.0567. The molecule has 0 aliphatic heterocycles. The Balaban J connectivity index is 1.75. The Kier molecular flexibility index (Phi) is 2.47. The van der Waals surface area contributed by atoms with Crippen molar-refractivity contribution in [1.29, 1.82) is 0 Å². The van der Waals surface area contributed by atoms with E-state index in [0.29, 0.717) is 6.54 Å². The van der Waals surface area contributed by atoms with Crippen molar-refractivity contribution in [3.05, 3.63) is 6.33 Å². The van der Waals surface area contributed by atoms with Gasteiger partial charge in [0.15, 0.2) is 10.8 Å². The van der Waals surface area contributed by atoms with Gasteiger partial charge in [0.1, 0.15) is 0 Å². The minimum atomic E-state index is -3.55. The van der Waals surface area contributed by atoms with Crippen LogP contribution in [0.1, 0.15) is 25.7 Å². The zero-order valence-corrected chi connectivity index (χ0v) is 11.2. The molecule has 3 N–H and O–H groups in total. The number of rotatable bonds is 5.